The van der Waals surface area contributed by atoms with Crippen LogP contribution in [0.25, 0.3) is 0 Å². The van der Waals surface area contributed by atoms with Gasteiger partial charge in [0.1, 0.15) is 0 Å². The second-order valence-electron chi connectivity index (χ2n) is 5.29. The zero-order valence-corrected chi connectivity index (χ0v) is 13.6. The van der Waals surface area contributed by atoms with Crippen molar-refractivity contribution < 1.29 is 14.6 Å². The Balaban J connectivity index is 2.54. The van der Waals surface area contributed by atoms with E-state index in [0.717, 1.165) is 12.8 Å². The van der Waals surface area contributed by atoms with E-state index < -0.39 is 5.91 Å². The van der Waals surface area contributed by atoms with Gasteiger partial charge >= 0.3 is 0 Å². The second kappa shape index (κ2) is 8.87. The molecule has 0 saturated heterocycles. The van der Waals surface area contributed by atoms with Crippen LogP contribution in [0.4, 0.5) is 0 Å². The Labute approximate surface area is 131 Å². The highest BCUT2D eigenvalue weighted by atomic mass is 16.5. The van der Waals surface area contributed by atoms with Gasteiger partial charge in [-0.1, -0.05) is 23.3 Å². The minimum absolute atomic E-state index is 0.0325. The molecule has 1 heterocycles. The standard InChI is InChI=1S/C17H24N2O3/c1-12(2)6-5-7-13(3)8-10-19-17(21)15-16(20)14(22-4)9-11-18-15/h6,8-9,11,20H,5,7,10H2,1-4H3,(H,19,21). The number of amides is 1. The van der Waals surface area contributed by atoms with Gasteiger partial charge in [0.15, 0.2) is 17.2 Å². The monoisotopic (exact) mass is 304 g/mol. The van der Waals surface area contributed by atoms with Crippen molar-refractivity contribution in [3.63, 3.8) is 0 Å². The van der Waals surface area contributed by atoms with E-state index in [9.17, 15) is 9.90 Å². The summed E-state index contributed by atoms with van der Waals surface area (Å²) in [5, 5.41) is 12.6. The summed E-state index contributed by atoms with van der Waals surface area (Å²) in [5.74, 6) is -0.440. The molecule has 5 nitrogen and oxygen atoms in total. The first-order chi connectivity index (χ1) is 10.5. The molecule has 0 aliphatic carbocycles. The SMILES string of the molecule is COc1ccnc(C(=O)NCC=C(C)CCC=C(C)C)c1O. The molecule has 22 heavy (non-hydrogen) atoms. The molecule has 0 radical (unpaired) electrons. The van der Waals surface area contributed by atoms with Crippen molar-refractivity contribution in [2.24, 2.45) is 0 Å². The summed E-state index contributed by atoms with van der Waals surface area (Å²) >= 11 is 0. The quantitative estimate of drug-likeness (QED) is 0.759. The first kappa shape index (κ1) is 17.8. The number of carbonyl (C=O) groups excluding carboxylic acids is 1. The highest BCUT2D eigenvalue weighted by molar-refractivity contribution is 5.95. The zero-order chi connectivity index (χ0) is 16.5. The number of allylic oxidation sites excluding steroid dienone is 3. The van der Waals surface area contributed by atoms with Gasteiger partial charge in [0.2, 0.25) is 0 Å². The molecular formula is C17H24N2O3. The van der Waals surface area contributed by atoms with E-state index >= 15 is 0 Å². The van der Waals surface area contributed by atoms with Crippen molar-refractivity contribution >= 4 is 5.91 Å². The maximum Gasteiger partial charge on any atom is 0.274 e. The number of ether oxygens (including phenoxy) is 1. The number of nitrogens with one attached hydrogen (secondary N) is 1. The van der Waals surface area contributed by atoms with Gasteiger partial charge in [-0.2, -0.15) is 0 Å². The van der Waals surface area contributed by atoms with Crippen LogP contribution in [0.3, 0.4) is 0 Å². The highest BCUT2D eigenvalue weighted by Gasteiger charge is 2.15. The van der Waals surface area contributed by atoms with Gasteiger partial charge in [-0.15, -0.1) is 0 Å². The lowest BCUT2D eigenvalue weighted by molar-refractivity contribution is 0.0949. The van der Waals surface area contributed by atoms with E-state index in [0.29, 0.717) is 6.54 Å². The minimum atomic E-state index is -0.426. The molecule has 1 rings (SSSR count). The summed E-state index contributed by atoms with van der Waals surface area (Å²) in [7, 11) is 1.43. The Bertz CT molecular complexity index is 573. The Hall–Kier alpha value is -2.30. The molecule has 0 aliphatic heterocycles. The topological polar surface area (TPSA) is 71.5 Å². The number of aromatic nitrogens is 1. The predicted molar refractivity (Wildman–Crippen MR) is 87.2 cm³/mol. The van der Waals surface area contributed by atoms with E-state index in [1.165, 1.54) is 30.5 Å². The predicted octanol–water partition coefficient (Wildman–Crippen LogP) is 3.22. The van der Waals surface area contributed by atoms with Gasteiger partial charge in [0, 0.05) is 18.8 Å². The molecule has 0 aliphatic rings. The summed E-state index contributed by atoms with van der Waals surface area (Å²) in [6.45, 7) is 6.59. The molecule has 0 unspecified atom stereocenters. The fourth-order valence-electron chi connectivity index (χ4n) is 1.86. The molecule has 0 aromatic carbocycles. The molecule has 5 heteroatoms. The van der Waals surface area contributed by atoms with Crippen LogP contribution in [0, 0.1) is 0 Å². The van der Waals surface area contributed by atoms with Crippen LogP contribution >= 0.6 is 0 Å². The Morgan fingerprint density at radius 3 is 2.73 bits per heavy atom. The van der Waals surface area contributed by atoms with Gasteiger partial charge < -0.3 is 15.2 Å². The fraction of sp³-hybridized carbons (Fsp3) is 0.412. The normalized spacial score (nSPS) is 11.0. The van der Waals surface area contributed by atoms with Crippen LogP contribution in [-0.2, 0) is 0 Å². The van der Waals surface area contributed by atoms with Crippen molar-refractivity contribution in [2.45, 2.75) is 33.6 Å². The van der Waals surface area contributed by atoms with Crippen molar-refractivity contribution in [2.75, 3.05) is 13.7 Å². The Morgan fingerprint density at radius 1 is 1.36 bits per heavy atom. The van der Waals surface area contributed by atoms with Gasteiger partial charge in [-0.25, -0.2) is 4.98 Å². The largest absolute Gasteiger partial charge is 0.503 e. The van der Waals surface area contributed by atoms with Crippen LogP contribution < -0.4 is 10.1 Å². The Morgan fingerprint density at radius 2 is 2.09 bits per heavy atom. The average Bonchev–Trinajstić information content (AvgIpc) is 2.47. The van der Waals surface area contributed by atoms with Crippen LogP contribution in [0.5, 0.6) is 11.5 Å². The number of hydrogen-bond donors (Lipinski definition) is 2. The molecular weight excluding hydrogens is 280 g/mol. The smallest absolute Gasteiger partial charge is 0.274 e. The van der Waals surface area contributed by atoms with Crippen molar-refractivity contribution in [1.82, 2.24) is 10.3 Å². The lowest BCUT2D eigenvalue weighted by Gasteiger charge is -2.07. The fourth-order valence-corrected chi connectivity index (χ4v) is 1.86. The summed E-state index contributed by atoms with van der Waals surface area (Å²) in [4.78, 5) is 15.9. The number of carbonyl (C=O) groups is 1. The van der Waals surface area contributed by atoms with Crippen LogP contribution in [-0.4, -0.2) is 29.7 Å². The van der Waals surface area contributed by atoms with E-state index in [1.54, 1.807) is 0 Å². The average molecular weight is 304 g/mol. The number of pyridine rings is 1. The van der Waals surface area contributed by atoms with Gasteiger partial charge in [0.05, 0.1) is 7.11 Å². The molecule has 0 saturated carbocycles. The minimum Gasteiger partial charge on any atom is -0.503 e. The molecule has 1 aromatic rings. The van der Waals surface area contributed by atoms with Crippen molar-refractivity contribution in [1.29, 1.82) is 0 Å². The molecule has 0 fully saturated rings. The van der Waals surface area contributed by atoms with E-state index in [2.05, 4.69) is 30.2 Å². The highest BCUT2D eigenvalue weighted by Crippen LogP contribution is 2.27. The van der Waals surface area contributed by atoms with Crippen molar-refractivity contribution in [3.8, 4) is 11.5 Å². The third kappa shape index (κ3) is 5.60. The number of methoxy groups -OCH3 is 1. The van der Waals surface area contributed by atoms with E-state index in [4.69, 9.17) is 4.74 Å². The number of rotatable bonds is 7. The van der Waals surface area contributed by atoms with Gasteiger partial charge in [-0.05, 0) is 33.6 Å². The summed E-state index contributed by atoms with van der Waals surface area (Å²) < 4.78 is 4.95. The van der Waals surface area contributed by atoms with Gasteiger partial charge in [0.25, 0.3) is 5.91 Å². The third-order valence-corrected chi connectivity index (χ3v) is 3.13. The number of nitrogens with zero attached hydrogens (tertiary/aromatic N) is 1. The van der Waals surface area contributed by atoms with Crippen LogP contribution in [0.15, 0.2) is 35.6 Å². The van der Waals surface area contributed by atoms with Crippen LogP contribution in [0.2, 0.25) is 0 Å². The number of hydrogen-bond acceptors (Lipinski definition) is 4. The number of aromatic hydroxyl groups is 1. The zero-order valence-electron chi connectivity index (χ0n) is 13.6. The van der Waals surface area contributed by atoms with Gasteiger partial charge in [-0.3, -0.25) is 4.79 Å². The van der Waals surface area contributed by atoms with E-state index in [1.807, 2.05) is 13.0 Å². The first-order valence-corrected chi connectivity index (χ1v) is 7.24. The first-order valence-electron chi connectivity index (χ1n) is 7.24. The maximum atomic E-state index is 12.0. The molecule has 0 atom stereocenters. The Kier molecular flexibility index (Phi) is 7.16. The lowest BCUT2D eigenvalue weighted by Crippen LogP contribution is -2.24. The lowest BCUT2D eigenvalue weighted by atomic mass is 10.1. The molecule has 120 valence electrons. The molecule has 0 bridgehead atoms. The van der Waals surface area contributed by atoms with Crippen molar-refractivity contribution in [3.05, 3.63) is 41.3 Å². The van der Waals surface area contributed by atoms with E-state index in [-0.39, 0.29) is 17.2 Å². The molecule has 1 amide bonds. The third-order valence-electron chi connectivity index (χ3n) is 3.13. The van der Waals surface area contributed by atoms with Crippen LogP contribution in [0.1, 0.15) is 44.1 Å². The molecule has 2 N–H and O–H groups in total. The summed E-state index contributed by atoms with van der Waals surface area (Å²) in [6, 6.07) is 1.50. The summed E-state index contributed by atoms with van der Waals surface area (Å²) in [5.41, 5.74) is 2.48. The summed E-state index contributed by atoms with van der Waals surface area (Å²) in [6.07, 6.45) is 7.54. The second-order valence-corrected chi connectivity index (χ2v) is 5.29. The molecule has 1 aromatic heterocycles. The molecule has 0 spiro atoms. The maximum absolute atomic E-state index is 12.0.